The van der Waals surface area contributed by atoms with Gasteiger partial charge in [-0.2, -0.15) is 0 Å². The molecule has 0 spiro atoms. The summed E-state index contributed by atoms with van der Waals surface area (Å²) < 4.78 is -0.553. The molecule has 3 N–H and O–H groups in total. The van der Waals surface area contributed by atoms with Crippen LogP contribution in [0.2, 0.25) is 0 Å². The molecular weight excluding hydrogens is 382 g/mol. The lowest BCUT2D eigenvalue weighted by molar-refractivity contribution is -0.141. The fourth-order valence-electron chi connectivity index (χ4n) is 3.56. The van der Waals surface area contributed by atoms with Gasteiger partial charge in [-0.1, -0.05) is 18.2 Å². The molecule has 0 aromatic heterocycles. The highest BCUT2D eigenvalue weighted by Crippen LogP contribution is 2.56. The van der Waals surface area contributed by atoms with Gasteiger partial charge in [0.15, 0.2) is 0 Å². The number of aliphatic carboxylic acids is 1. The molecule has 2 aliphatic rings. The average Bonchev–Trinajstić information content (AvgIpc) is 3.04. The molecule has 0 aliphatic carbocycles. The summed E-state index contributed by atoms with van der Waals surface area (Å²) in [5.74, 6) is -2.40. The van der Waals surface area contributed by atoms with Crippen molar-refractivity contribution in [1.29, 1.82) is 0 Å². The Morgan fingerprint density at radius 2 is 1.79 bits per heavy atom. The Morgan fingerprint density at radius 3 is 2.43 bits per heavy atom. The molecule has 150 valence electrons. The SMILES string of the molecule is CC(NC(=O)C(C)NC(=O)C1N2C(=O)c3ccccc3C2SC1(C)C)C(=O)O. The van der Waals surface area contributed by atoms with Gasteiger partial charge in [0.2, 0.25) is 11.8 Å². The third-order valence-corrected chi connectivity index (χ3v) is 6.56. The molecule has 9 heteroatoms. The number of rotatable bonds is 5. The molecule has 2 aliphatic heterocycles. The van der Waals surface area contributed by atoms with Gasteiger partial charge in [-0.25, -0.2) is 0 Å². The van der Waals surface area contributed by atoms with Crippen LogP contribution in [0, 0.1) is 0 Å². The molecule has 4 atom stereocenters. The maximum Gasteiger partial charge on any atom is 0.325 e. The van der Waals surface area contributed by atoms with Crippen LogP contribution in [0.1, 0.15) is 49.0 Å². The minimum atomic E-state index is -1.16. The zero-order valence-electron chi connectivity index (χ0n) is 16.1. The average molecular weight is 405 g/mol. The Morgan fingerprint density at radius 1 is 1.14 bits per heavy atom. The summed E-state index contributed by atoms with van der Waals surface area (Å²) in [5, 5.41) is 13.6. The number of benzene rings is 1. The van der Waals surface area contributed by atoms with E-state index in [1.54, 1.807) is 17.0 Å². The number of carbonyl (C=O) groups is 4. The van der Waals surface area contributed by atoms with E-state index >= 15 is 0 Å². The number of nitrogens with one attached hydrogen (secondary N) is 2. The predicted molar refractivity (Wildman–Crippen MR) is 104 cm³/mol. The predicted octanol–water partition coefficient (Wildman–Crippen LogP) is 1.13. The highest BCUT2D eigenvalue weighted by Gasteiger charge is 2.57. The number of fused-ring (bicyclic) bond motifs is 3. The van der Waals surface area contributed by atoms with Crippen LogP contribution in [0.4, 0.5) is 0 Å². The van der Waals surface area contributed by atoms with Crippen LogP contribution in [0.15, 0.2) is 24.3 Å². The first kappa shape index (κ1) is 20.2. The van der Waals surface area contributed by atoms with Crippen molar-refractivity contribution < 1.29 is 24.3 Å². The van der Waals surface area contributed by atoms with E-state index in [1.165, 1.54) is 25.6 Å². The standard InChI is InChI=1S/C19H23N3O5S/c1-9(14(23)21-10(2)18(26)27)20-15(24)13-19(3,4)28-17-12-8-6-5-7-11(12)16(25)22(13)17/h5-10,13,17H,1-4H3,(H,20,24)(H,21,23)(H,26,27). The van der Waals surface area contributed by atoms with Crippen LogP contribution in [0.25, 0.3) is 0 Å². The summed E-state index contributed by atoms with van der Waals surface area (Å²) in [6.45, 7) is 6.62. The van der Waals surface area contributed by atoms with Crippen LogP contribution in [-0.2, 0) is 14.4 Å². The fraction of sp³-hybridized carbons (Fsp3) is 0.474. The van der Waals surface area contributed by atoms with Crippen molar-refractivity contribution in [2.45, 2.75) is 55.9 Å². The first-order valence-electron chi connectivity index (χ1n) is 8.97. The largest absolute Gasteiger partial charge is 0.480 e. The summed E-state index contributed by atoms with van der Waals surface area (Å²) in [6, 6.07) is 4.55. The third kappa shape index (κ3) is 3.34. The van der Waals surface area contributed by atoms with Crippen molar-refractivity contribution in [2.24, 2.45) is 0 Å². The van der Waals surface area contributed by atoms with Crippen molar-refractivity contribution in [2.75, 3.05) is 0 Å². The number of carboxylic acid groups (broad SMARTS) is 1. The quantitative estimate of drug-likeness (QED) is 0.676. The molecule has 2 heterocycles. The molecule has 1 aromatic rings. The van der Waals surface area contributed by atoms with Crippen molar-refractivity contribution in [1.82, 2.24) is 15.5 Å². The monoisotopic (exact) mass is 405 g/mol. The highest BCUT2D eigenvalue weighted by molar-refractivity contribution is 8.01. The third-order valence-electron chi connectivity index (χ3n) is 5.03. The molecule has 1 aromatic carbocycles. The van der Waals surface area contributed by atoms with Crippen LogP contribution in [-0.4, -0.2) is 56.6 Å². The Balaban J connectivity index is 1.77. The Bertz CT molecular complexity index is 856. The molecule has 4 unspecified atom stereocenters. The molecule has 0 saturated carbocycles. The Labute approximate surface area is 167 Å². The summed E-state index contributed by atoms with van der Waals surface area (Å²) in [5.41, 5.74) is 1.48. The van der Waals surface area contributed by atoms with E-state index < -0.39 is 40.7 Å². The van der Waals surface area contributed by atoms with Gasteiger partial charge < -0.3 is 20.6 Å². The Hall–Kier alpha value is -2.55. The number of nitrogens with zero attached hydrogens (tertiary/aromatic N) is 1. The summed E-state index contributed by atoms with van der Waals surface area (Å²) in [4.78, 5) is 50.6. The number of amides is 3. The highest BCUT2D eigenvalue weighted by atomic mass is 32.2. The topological polar surface area (TPSA) is 116 Å². The fourth-order valence-corrected chi connectivity index (χ4v) is 5.15. The van der Waals surface area contributed by atoms with E-state index in [2.05, 4.69) is 10.6 Å². The van der Waals surface area contributed by atoms with E-state index in [9.17, 15) is 19.2 Å². The lowest BCUT2D eigenvalue weighted by Crippen LogP contribution is -2.57. The van der Waals surface area contributed by atoms with Crippen LogP contribution in [0.5, 0.6) is 0 Å². The normalized spacial score (nSPS) is 24.1. The number of carbonyl (C=O) groups excluding carboxylic acids is 3. The molecular formula is C19H23N3O5S. The zero-order valence-corrected chi connectivity index (χ0v) is 16.9. The molecule has 1 fully saturated rings. The van der Waals surface area contributed by atoms with Crippen molar-refractivity contribution >= 4 is 35.5 Å². The Kier molecular flexibility index (Phi) is 5.14. The molecule has 0 radical (unpaired) electrons. The van der Waals surface area contributed by atoms with Gasteiger partial charge in [0.25, 0.3) is 5.91 Å². The van der Waals surface area contributed by atoms with Gasteiger partial charge in [0.1, 0.15) is 23.5 Å². The molecule has 8 nitrogen and oxygen atoms in total. The second kappa shape index (κ2) is 7.12. The first-order chi connectivity index (χ1) is 13.0. The molecule has 3 amide bonds. The van der Waals surface area contributed by atoms with Gasteiger partial charge in [0.05, 0.1) is 0 Å². The van der Waals surface area contributed by atoms with Crippen molar-refractivity contribution in [3.63, 3.8) is 0 Å². The van der Waals surface area contributed by atoms with E-state index in [4.69, 9.17) is 5.11 Å². The van der Waals surface area contributed by atoms with Gasteiger partial charge >= 0.3 is 5.97 Å². The number of thioether (sulfide) groups is 1. The van der Waals surface area contributed by atoms with Gasteiger partial charge in [-0.05, 0) is 39.3 Å². The molecule has 28 heavy (non-hydrogen) atoms. The second-order valence-corrected chi connectivity index (χ2v) is 9.31. The van der Waals surface area contributed by atoms with E-state index in [0.717, 1.165) is 5.56 Å². The lowest BCUT2D eigenvalue weighted by Gasteiger charge is -2.30. The summed E-state index contributed by atoms with van der Waals surface area (Å²) in [6.07, 6.45) is 0. The maximum atomic E-state index is 13.0. The second-order valence-electron chi connectivity index (χ2n) is 7.57. The number of carboxylic acids is 1. The molecule has 0 bridgehead atoms. The maximum absolute atomic E-state index is 13.0. The molecule has 1 saturated heterocycles. The van der Waals surface area contributed by atoms with Crippen molar-refractivity contribution in [3.8, 4) is 0 Å². The minimum absolute atomic E-state index is 0.199. The van der Waals surface area contributed by atoms with Crippen LogP contribution >= 0.6 is 11.8 Å². The van der Waals surface area contributed by atoms with E-state index in [-0.39, 0.29) is 11.3 Å². The number of hydrogen-bond donors (Lipinski definition) is 3. The van der Waals surface area contributed by atoms with E-state index in [1.807, 2.05) is 26.0 Å². The number of hydrogen-bond acceptors (Lipinski definition) is 5. The van der Waals surface area contributed by atoms with E-state index in [0.29, 0.717) is 5.56 Å². The zero-order chi connectivity index (χ0) is 20.8. The minimum Gasteiger partial charge on any atom is -0.480 e. The van der Waals surface area contributed by atoms with Crippen molar-refractivity contribution in [3.05, 3.63) is 35.4 Å². The smallest absolute Gasteiger partial charge is 0.325 e. The van der Waals surface area contributed by atoms with Crippen LogP contribution in [0.3, 0.4) is 0 Å². The summed E-state index contributed by atoms with van der Waals surface area (Å²) >= 11 is 1.54. The summed E-state index contributed by atoms with van der Waals surface area (Å²) in [7, 11) is 0. The van der Waals surface area contributed by atoms with Crippen LogP contribution < -0.4 is 10.6 Å². The lowest BCUT2D eigenvalue weighted by atomic mass is 10.0. The van der Waals surface area contributed by atoms with Gasteiger partial charge in [-0.15, -0.1) is 11.8 Å². The van der Waals surface area contributed by atoms with Gasteiger partial charge in [0, 0.05) is 10.3 Å². The van der Waals surface area contributed by atoms with Gasteiger partial charge in [-0.3, -0.25) is 19.2 Å². The molecule has 3 rings (SSSR count). The first-order valence-corrected chi connectivity index (χ1v) is 9.85.